The van der Waals surface area contributed by atoms with Gasteiger partial charge in [0.2, 0.25) is 0 Å². The number of carbonyl (C=O) groups is 2. The van der Waals surface area contributed by atoms with E-state index in [2.05, 4.69) is 0 Å². The molecule has 26 heavy (non-hydrogen) atoms. The fraction of sp³-hybridized carbons (Fsp3) is 0.368. The fourth-order valence-electron chi connectivity index (χ4n) is 2.89. The Labute approximate surface area is 161 Å². The van der Waals surface area contributed by atoms with Gasteiger partial charge in [-0.05, 0) is 42.5 Å². The van der Waals surface area contributed by atoms with E-state index in [1.54, 1.807) is 29.2 Å². The maximum absolute atomic E-state index is 12.4. The Morgan fingerprint density at radius 1 is 1.23 bits per heavy atom. The first-order valence-electron chi connectivity index (χ1n) is 8.51. The molecule has 7 heteroatoms. The smallest absolute Gasteiger partial charge is 0.310 e. The van der Waals surface area contributed by atoms with Gasteiger partial charge in [-0.15, -0.1) is 11.3 Å². The summed E-state index contributed by atoms with van der Waals surface area (Å²) >= 11 is 7.31. The standard InChI is InChI=1S/C19H20ClNO4S/c20-15-5-1-6-16(12-15)24-9-10-25-19(23)14-4-2-8-21(13-14)18(22)17-7-3-11-26-17/h1,3,5-7,11-12,14H,2,4,8-10,13H2. The molecule has 0 saturated carbocycles. The Kier molecular flexibility index (Phi) is 6.52. The van der Waals surface area contributed by atoms with Crippen molar-refractivity contribution in [1.29, 1.82) is 0 Å². The Morgan fingerprint density at radius 3 is 2.88 bits per heavy atom. The molecule has 0 radical (unpaired) electrons. The monoisotopic (exact) mass is 393 g/mol. The zero-order valence-corrected chi connectivity index (χ0v) is 15.8. The quantitative estimate of drug-likeness (QED) is 0.552. The molecule has 0 bridgehead atoms. The lowest BCUT2D eigenvalue weighted by molar-refractivity contribution is -0.150. The summed E-state index contributed by atoms with van der Waals surface area (Å²) in [6, 6.07) is 10.7. The third-order valence-electron chi connectivity index (χ3n) is 4.17. The van der Waals surface area contributed by atoms with Gasteiger partial charge >= 0.3 is 5.97 Å². The average Bonchev–Trinajstić information content (AvgIpc) is 3.19. The SMILES string of the molecule is O=C(OCCOc1cccc(Cl)c1)C1CCCN(C(=O)c2cccs2)C1. The summed E-state index contributed by atoms with van der Waals surface area (Å²) in [6.45, 7) is 1.51. The number of ether oxygens (including phenoxy) is 2. The van der Waals surface area contributed by atoms with Crippen LogP contribution in [0.5, 0.6) is 5.75 Å². The largest absolute Gasteiger partial charge is 0.490 e. The van der Waals surface area contributed by atoms with Gasteiger partial charge in [0.1, 0.15) is 19.0 Å². The van der Waals surface area contributed by atoms with Crippen molar-refractivity contribution in [2.75, 3.05) is 26.3 Å². The van der Waals surface area contributed by atoms with Gasteiger partial charge in [-0.1, -0.05) is 23.7 Å². The summed E-state index contributed by atoms with van der Waals surface area (Å²) < 4.78 is 10.8. The number of hydrogen-bond acceptors (Lipinski definition) is 5. The summed E-state index contributed by atoms with van der Waals surface area (Å²) in [5.74, 6) is 0.0722. The Bertz CT molecular complexity index is 750. The third-order valence-corrected chi connectivity index (χ3v) is 5.26. The highest BCUT2D eigenvalue weighted by atomic mass is 35.5. The third kappa shape index (κ3) is 4.99. The summed E-state index contributed by atoms with van der Waals surface area (Å²) in [5, 5.41) is 2.47. The van der Waals surface area contributed by atoms with Gasteiger partial charge in [0.05, 0.1) is 10.8 Å². The summed E-state index contributed by atoms with van der Waals surface area (Å²) in [4.78, 5) is 27.2. The molecule has 0 aliphatic carbocycles. The van der Waals surface area contributed by atoms with E-state index < -0.39 is 0 Å². The molecule has 2 aromatic rings. The van der Waals surface area contributed by atoms with Crippen molar-refractivity contribution in [3.8, 4) is 5.75 Å². The number of esters is 1. The predicted octanol–water partition coefficient (Wildman–Crippen LogP) is 3.88. The molecular formula is C19H20ClNO4S. The molecule has 2 heterocycles. The number of halogens is 1. The van der Waals surface area contributed by atoms with Gasteiger partial charge in [0.25, 0.3) is 5.91 Å². The van der Waals surface area contributed by atoms with E-state index in [0.717, 1.165) is 12.8 Å². The van der Waals surface area contributed by atoms with Crippen LogP contribution in [0.15, 0.2) is 41.8 Å². The van der Waals surface area contributed by atoms with Crippen LogP contribution in [0.25, 0.3) is 0 Å². The molecule has 1 unspecified atom stereocenters. The normalized spacial score (nSPS) is 17.0. The van der Waals surface area contributed by atoms with Gasteiger partial charge in [0, 0.05) is 18.1 Å². The molecule has 0 spiro atoms. The van der Waals surface area contributed by atoms with Crippen molar-refractivity contribution in [2.45, 2.75) is 12.8 Å². The molecule has 1 fully saturated rings. The second kappa shape index (κ2) is 9.05. The zero-order valence-electron chi connectivity index (χ0n) is 14.2. The molecule has 1 aromatic carbocycles. The van der Waals surface area contributed by atoms with E-state index in [9.17, 15) is 9.59 Å². The van der Waals surface area contributed by atoms with Gasteiger partial charge < -0.3 is 14.4 Å². The number of rotatable bonds is 6. The van der Waals surface area contributed by atoms with Crippen molar-refractivity contribution in [2.24, 2.45) is 5.92 Å². The average molecular weight is 394 g/mol. The molecule has 1 saturated heterocycles. The number of amides is 1. The van der Waals surface area contributed by atoms with E-state index in [-0.39, 0.29) is 31.0 Å². The Balaban J connectivity index is 1.43. The molecule has 1 amide bonds. The number of nitrogens with zero attached hydrogens (tertiary/aromatic N) is 1. The number of thiophene rings is 1. The van der Waals surface area contributed by atoms with Crippen molar-refractivity contribution < 1.29 is 19.1 Å². The maximum atomic E-state index is 12.4. The van der Waals surface area contributed by atoms with E-state index in [4.69, 9.17) is 21.1 Å². The second-order valence-corrected chi connectivity index (χ2v) is 7.43. The minimum Gasteiger partial charge on any atom is -0.490 e. The van der Waals surface area contributed by atoms with Crippen molar-refractivity contribution in [3.63, 3.8) is 0 Å². The van der Waals surface area contributed by atoms with Crippen LogP contribution in [0.3, 0.4) is 0 Å². The van der Waals surface area contributed by atoms with Gasteiger partial charge in [-0.3, -0.25) is 9.59 Å². The van der Waals surface area contributed by atoms with Crippen LogP contribution in [0.1, 0.15) is 22.5 Å². The van der Waals surface area contributed by atoms with E-state index >= 15 is 0 Å². The highest BCUT2D eigenvalue weighted by Gasteiger charge is 2.30. The first kappa shape index (κ1) is 18.7. The maximum Gasteiger partial charge on any atom is 0.310 e. The molecular weight excluding hydrogens is 374 g/mol. The van der Waals surface area contributed by atoms with Crippen LogP contribution in [0.2, 0.25) is 5.02 Å². The first-order chi connectivity index (χ1) is 12.6. The van der Waals surface area contributed by atoms with Gasteiger partial charge in [0.15, 0.2) is 0 Å². The van der Waals surface area contributed by atoms with E-state index in [1.807, 2.05) is 17.5 Å². The van der Waals surface area contributed by atoms with Crippen LogP contribution in [-0.2, 0) is 9.53 Å². The lowest BCUT2D eigenvalue weighted by Crippen LogP contribution is -2.42. The number of likely N-dealkylation sites (tertiary alicyclic amines) is 1. The lowest BCUT2D eigenvalue weighted by atomic mass is 9.98. The molecule has 1 atom stereocenters. The van der Waals surface area contributed by atoms with Crippen molar-refractivity contribution in [1.82, 2.24) is 4.90 Å². The van der Waals surface area contributed by atoms with E-state index in [0.29, 0.717) is 28.7 Å². The number of piperidine rings is 1. The Morgan fingerprint density at radius 2 is 2.12 bits per heavy atom. The lowest BCUT2D eigenvalue weighted by Gasteiger charge is -2.31. The molecule has 5 nitrogen and oxygen atoms in total. The van der Waals surface area contributed by atoms with E-state index in [1.165, 1.54) is 11.3 Å². The molecule has 0 N–H and O–H groups in total. The van der Waals surface area contributed by atoms with Crippen molar-refractivity contribution in [3.05, 3.63) is 51.7 Å². The van der Waals surface area contributed by atoms with Crippen LogP contribution < -0.4 is 4.74 Å². The number of hydrogen-bond donors (Lipinski definition) is 0. The second-order valence-electron chi connectivity index (χ2n) is 6.04. The first-order valence-corrected chi connectivity index (χ1v) is 9.77. The molecule has 3 rings (SSSR count). The zero-order chi connectivity index (χ0) is 18.4. The highest BCUT2D eigenvalue weighted by Crippen LogP contribution is 2.21. The summed E-state index contributed by atoms with van der Waals surface area (Å²) in [6.07, 6.45) is 1.54. The molecule has 1 aliphatic heterocycles. The minimum absolute atomic E-state index is 0.0122. The fourth-order valence-corrected chi connectivity index (χ4v) is 3.76. The van der Waals surface area contributed by atoms with Crippen LogP contribution in [0, 0.1) is 5.92 Å². The topological polar surface area (TPSA) is 55.8 Å². The molecule has 1 aromatic heterocycles. The summed E-state index contributed by atoms with van der Waals surface area (Å²) in [5.41, 5.74) is 0. The minimum atomic E-state index is -0.279. The number of carbonyl (C=O) groups excluding carboxylic acids is 2. The predicted molar refractivity (Wildman–Crippen MR) is 101 cm³/mol. The number of benzene rings is 1. The van der Waals surface area contributed by atoms with Gasteiger partial charge in [-0.25, -0.2) is 0 Å². The highest BCUT2D eigenvalue weighted by molar-refractivity contribution is 7.12. The van der Waals surface area contributed by atoms with Gasteiger partial charge in [-0.2, -0.15) is 0 Å². The Hall–Kier alpha value is -2.05. The molecule has 1 aliphatic rings. The summed E-state index contributed by atoms with van der Waals surface area (Å²) in [7, 11) is 0. The van der Waals surface area contributed by atoms with Crippen molar-refractivity contribution >= 4 is 34.8 Å². The van der Waals surface area contributed by atoms with Crippen LogP contribution >= 0.6 is 22.9 Å². The van der Waals surface area contributed by atoms with Crippen LogP contribution in [-0.4, -0.2) is 43.1 Å². The molecule has 138 valence electrons. The van der Waals surface area contributed by atoms with Crippen LogP contribution in [0.4, 0.5) is 0 Å².